The Balaban J connectivity index is 1.54. The third-order valence-corrected chi connectivity index (χ3v) is 7.53. The molecule has 0 N–H and O–H groups in total. The molecule has 23 heavy (non-hydrogen) atoms. The second-order valence-corrected chi connectivity index (χ2v) is 9.45. The zero-order valence-corrected chi connectivity index (χ0v) is 15.3. The van der Waals surface area contributed by atoms with Crippen molar-refractivity contribution in [2.45, 2.75) is 36.1 Å². The lowest BCUT2D eigenvalue weighted by Gasteiger charge is -2.34. The standard InChI is InChI=1S/C15H24N4O2S2/c1-18(23(20,21)13-3-4-13)11-12-6-9-19(10-7-12)14-5-8-16-15(17-14)22-2/h5,8,12-13H,3-4,6-7,9-11H2,1-2H3. The summed E-state index contributed by atoms with van der Waals surface area (Å²) in [6.45, 7) is 2.49. The number of thioether (sulfide) groups is 1. The van der Waals surface area contributed by atoms with Crippen LogP contribution in [0.5, 0.6) is 0 Å². The van der Waals surface area contributed by atoms with Gasteiger partial charge in [0.2, 0.25) is 10.0 Å². The lowest BCUT2D eigenvalue weighted by atomic mass is 9.97. The molecule has 8 heteroatoms. The molecule has 0 unspecified atom stereocenters. The molecule has 1 saturated carbocycles. The van der Waals surface area contributed by atoms with Gasteiger partial charge in [0.25, 0.3) is 0 Å². The van der Waals surface area contributed by atoms with Gasteiger partial charge in [-0.15, -0.1) is 0 Å². The topological polar surface area (TPSA) is 66.4 Å². The van der Waals surface area contributed by atoms with Crippen LogP contribution in [0.25, 0.3) is 0 Å². The molecule has 0 atom stereocenters. The molecule has 1 aromatic rings. The summed E-state index contributed by atoms with van der Waals surface area (Å²) in [6, 6.07) is 1.95. The number of hydrogen-bond donors (Lipinski definition) is 0. The Hall–Kier alpha value is -0.860. The van der Waals surface area contributed by atoms with E-state index >= 15 is 0 Å². The van der Waals surface area contributed by atoms with Gasteiger partial charge in [0.05, 0.1) is 5.25 Å². The van der Waals surface area contributed by atoms with Gasteiger partial charge in [-0.25, -0.2) is 22.7 Å². The van der Waals surface area contributed by atoms with Crippen LogP contribution in [0.3, 0.4) is 0 Å². The molecule has 6 nitrogen and oxygen atoms in total. The molecule has 2 aliphatic rings. The summed E-state index contributed by atoms with van der Waals surface area (Å²) in [5.41, 5.74) is 0. The Morgan fingerprint density at radius 2 is 2.00 bits per heavy atom. The van der Waals surface area contributed by atoms with Crippen LogP contribution in [0.2, 0.25) is 0 Å². The highest BCUT2D eigenvalue weighted by Gasteiger charge is 2.39. The summed E-state index contributed by atoms with van der Waals surface area (Å²) in [5.74, 6) is 1.41. The predicted molar refractivity (Wildman–Crippen MR) is 93.3 cm³/mol. The van der Waals surface area contributed by atoms with Gasteiger partial charge in [-0.05, 0) is 43.9 Å². The second-order valence-electron chi connectivity index (χ2n) is 6.36. The number of anilines is 1. The third-order valence-electron chi connectivity index (χ3n) is 4.64. The maximum absolute atomic E-state index is 12.2. The van der Waals surface area contributed by atoms with E-state index in [4.69, 9.17) is 0 Å². The number of hydrogen-bond acceptors (Lipinski definition) is 6. The van der Waals surface area contributed by atoms with Crippen LogP contribution < -0.4 is 4.90 Å². The first-order chi connectivity index (χ1) is 11.0. The second kappa shape index (κ2) is 6.94. The van der Waals surface area contributed by atoms with Crippen LogP contribution in [0, 0.1) is 5.92 Å². The third kappa shape index (κ3) is 3.97. The Kier molecular flexibility index (Phi) is 5.13. The van der Waals surface area contributed by atoms with Gasteiger partial charge in [0.15, 0.2) is 5.16 Å². The SMILES string of the molecule is CSc1nccc(N2CCC(CN(C)S(=O)(=O)C3CC3)CC2)n1. The van der Waals surface area contributed by atoms with E-state index in [-0.39, 0.29) is 5.25 Å². The minimum Gasteiger partial charge on any atom is -0.356 e. The molecule has 2 fully saturated rings. The lowest BCUT2D eigenvalue weighted by molar-refractivity contribution is 0.327. The van der Waals surface area contributed by atoms with Gasteiger partial charge < -0.3 is 4.90 Å². The van der Waals surface area contributed by atoms with Crippen molar-refractivity contribution >= 4 is 27.6 Å². The lowest BCUT2D eigenvalue weighted by Crippen LogP contribution is -2.40. The molecule has 128 valence electrons. The number of rotatable bonds is 6. The Bertz CT molecular complexity index is 641. The molecule has 2 heterocycles. The summed E-state index contributed by atoms with van der Waals surface area (Å²) in [6.07, 6.45) is 7.44. The van der Waals surface area contributed by atoms with Crippen molar-refractivity contribution in [2.24, 2.45) is 5.92 Å². The van der Waals surface area contributed by atoms with E-state index in [9.17, 15) is 8.42 Å². The average molecular weight is 357 g/mol. The van der Waals surface area contributed by atoms with Crippen molar-refractivity contribution in [3.05, 3.63) is 12.3 Å². The molecule has 1 aromatic heterocycles. The van der Waals surface area contributed by atoms with E-state index in [1.54, 1.807) is 29.3 Å². The summed E-state index contributed by atoms with van der Waals surface area (Å²) in [7, 11) is -1.31. The molecule has 3 rings (SSSR count). The quantitative estimate of drug-likeness (QED) is 0.572. The van der Waals surface area contributed by atoms with Crippen molar-refractivity contribution in [3.63, 3.8) is 0 Å². The Morgan fingerprint density at radius 1 is 1.30 bits per heavy atom. The van der Waals surface area contributed by atoms with Crippen LogP contribution in [-0.2, 0) is 10.0 Å². The fourth-order valence-corrected chi connectivity index (χ4v) is 5.05. The summed E-state index contributed by atoms with van der Waals surface area (Å²) in [5, 5.41) is 0.679. The van der Waals surface area contributed by atoms with Crippen LogP contribution >= 0.6 is 11.8 Å². The minimum absolute atomic E-state index is 0.112. The van der Waals surface area contributed by atoms with E-state index in [0.29, 0.717) is 12.5 Å². The monoisotopic (exact) mass is 356 g/mol. The fraction of sp³-hybridized carbons (Fsp3) is 0.733. The average Bonchev–Trinajstić information content (AvgIpc) is 3.41. The first kappa shape index (κ1) is 17.0. The number of sulfonamides is 1. The molecule has 0 bridgehead atoms. The van der Waals surface area contributed by atoms with Crippen molar-refractivity contribution in [3.8, 4) is 0 Å². The van der Waals surface area contributed by atoms with Crippen molar-refractivity contribution in [1.82, 2.24) is 14.3 Å². The number of aromatic nitrogens is 2. The maximum Gasteiger partial charge on any atom is 0.216 e. The van der Waals surface area contributed by atoms with E-state index in [2.05, 4.69) is 14.9 Å². The number of piperidine rings is 1. The van der Waals surface area contributed by atoms with Gasteiger partial charge in [-0.3, -0.25) is 0 Å². The van der Waals surface area contributed by atoms with Gasteiger partial charge in [0, 0.05) is 32.9 Å². The maximum atomic E-state index is 12.2. The van der Waals surface area contributed by atoms with Crippen molar-refractivity contribution in [1.29, 1.82) is 0 Å². The van der Waals surface area contributed by atoms with Crippen molar-refractivity contribution < 1.29 is 8.42 Å². The van der Waals surface area contributed by atoms with Crippen molar-refractivity contribution in [2.75, 3.05) is 37.8 Å². The van der Waals surface area contributed by atoms with Gasteiger partial charge in [-0.2, -0.15) is 0 Å². The molecular formula is C15H24N4O2S2. The molecule has 1 aliphatic heterocycles. The smallest absolute Gasteiger partial charge is 0.216 e. The molecule has 1 saturated heterocycles. The molecule has 1 aliphatic carbocycles. The molecular weight excluding hydrogens is 332 g/mol. The predicted octanol–water partition coefficient (Wildman–Crippen LogP) is 1.84. The van der Waals surface area contributed by atoms with Crippen LogP contribution in [-0.4, -0.2) is 60.9 Å². The highest BCUT2D eigenvalue weighted by molar-refractivity contribution is 7.98. The van der Waals surface area contributed by atoms with Crippen LogP contribution in [0.4, 0.5) is 5.82 Å². The molecule has 0 amide bonds. The highest BCUT2D eigenvalue weighted by Crippen LogP contribution is 2.31. The Labute approximate surface area is 142 Å². The van der Waals surface area contributed by atoms with Gasteiger partial charge in [0.1, 0.15) is 5.82 Å². The fourth-order valence-electron chi connectivity index (χ4n) is 3.04. The molecule has 0 aromatic carbocycles. The summed E-state index contributed by atoms with van der Waals surface area (Å²) in [4.78, 5) is 11.0. The normalized spacial score (nSPS) is 20.2. The van der Waals surface area contributed by atoms with Gasteiger partial charge in [-0.1, -0.05) is 11.8 Å². The largest absolute Gasteiger partial charge is 0.356 e. The highest BCUT2D eigenvalue weighted by atomic mass is 32.2. The number of nitrogens with zero attached hydrogens (tertiary/aromatic N) is 4. The first-order valence-corrected chi connectivity index (χ1v) is 10.8. The molecule has 0 radical (unpaired) electrons. The Morgan fingerprint density at radius 3 is 2.61 bits per heavy atom. The van der Waals surface area contributed by atoms with Gasteiger partial charge >= 0.3 is 0 Å². The summed E-state index contributed by atoms with van der Waals surface area (Å²) >= 11 is 1.54. The first-order valence-electron chi connectivity index (χ1n) is 8.08. The minimum atomic E-state index is -3.04. The summed E-state index contributed by atoms with van der Waals surface area (Å²) < 4.78 is 26.0. The van der Waals surface area contributed by atoms with E-state index < -0.39 is 10.0 Å². The zero-order chi connectivity index (χ0) is 16.4. The van der Waals surface area contributed by atoms with E-state index in [0.717, 1.165) is 49.7 Å². The van der Waals surface area contributed by atoms with E-state index in [1.165, 1.54) is 0 Å². The molecule has 0 spiro atoms. The van der Waals surface area contributed by atoms with E-state index in [1.807, 2.05) is 12.3 Å². The van der Waals surface area contributed by atoms with Crippen LogP contribution in [0.15, 0.2) is 17.4 Å². The zero-order valence-electron chi connectivity index (χ0n) is 13.7. The van der Waals surface area contributed by atoms with Crippen LogP contribution in [0.1, 0.15) is 25.7 Å².